The summed E-state index contributed by atoms with van der Waals surface area (Å²) in [5, 5.41) is 48.2. The van der Waals surface area contributed by atoms with E-state index in [1.807, 2.05) is 6.07 Å². The number of nitriles is 3. The quantitative estimate of drug-likeness (QED) is 0.501. The molecule has 0 aliphatic carbocycles. The molecule has 0 amide bonds. The number of hydrogen-bond acceptors (Lipinski definition) is 7. The van der Waals surface area contributed by atoms with Crippen LogP contribution in [0.15, 0.2) is 46.8 Å². The second-order valence-corrected chi connectivity index (χ2v) is 5.77. The molecule has 1 aromatic rings. The molecule has 0 saturated carbocycles. The number of hydrogen-bond donors (Lipinski definition) is 1. The molecule has 1 aromatic carbocycles. The second kappa shape index (κ2) is 6.80. The first-order valence-corrected chi connectivity index (χ1v) is 7.29. The van der Waals surface area contributed by atoms with Gasteiger partial charge in [-0.1, -0.05) is 12.2 Å². The highest BCUT2D eigenvalue weighted by Crippen LogP contribution is 2.40. The Hall–Kier alpha value is -4.09. The summed E-state index contributed by atoms with van der Waals surface area (Å²) in [6.07, 6.45) is 2.87. The second-order valence-electron chi connectivity index (χ2n) is 5.77. The summed E-state index contributed by atoms with van der Waals surface area (Å²) in [6, 6.07) is 8.85. The fraction of sp³-hybridized carbons (Fsp3) is 0.167. The van der Waals surface area contributed by atoms with Crippen LogP contribution in [-0.2, 0) is 4.74 Å². The maximum absolute atomic E-state index is 10.9. The molecule has 8 heteroatoms. The Morgan fingerprint density at radius 1 is 1.27 bits per heavy atom. The highest BCUT2D eigenvalue weighted by molar-refractivity contribution is 5.67. The van der Waals surface area contributed by atoms with Crippen LogP contribution in [0.5, 0.6) is 5.75 Å². The van der Waals surface area contributed by atoms with Crippen LogP contribution >= 0.6 is 0 Å². The normalized spacial score (nSPS) is 15.1. The zero-order valence-electron chi connectivity index (χ0n) is 13.8. The topological polar surface area (TPSA) is 144 Å². The third-order valence-electron chi connectivity index (χ3n) is 3.72. The lowest BCUT2D eigenvalue weighted by atomic mass is 9.94. The number of nitrogens with zero attached hydrogens (tertiary/aromatic N) is 4. The van der Waals surface area contributed by atoms with Gasteiger partial charge in [0.15, 0.2) is 11.3 Å². The van der Waals surface area contributed by atoms with Crippen molar-refractivity contribution in [3.8, 4) is 24.0 Å². The van der Waals surface area contributed by atoms with Gasteiger partial charge in [0, 0.05) is 23.3 Å². The standard InChI is InChI=1S/C18H12N4O4/c1-18(2)15(14(10-21)17(26-18)12(8-19)9-20)5-3-11-7-13(22(24)25)4-6-16(11)23/h3-7,23H,1-2H3/b5-3+. The van der Waals surface area contributed by atoms with Crippen molar-refractivity contribution in [3.05, 3.63) is 62.4 Å². The molecule has 1 aliphatic heterocycles. The molecule has 0 aromatic heterocycles. The monoisotopic (exact) mass is 348 g/mol. The van der Waals surface area contributed by atoms with E-state index in [0.29, 0.717) is 5.57 Å². The van der Waals surface area contributed by atoms with E-state index in [4.69, 9.17) is 15.3 Å². The van der Waals surface area contributed by atoms with Crippen LogP contribution in [0.25, 0.3) is 6.08 Å². The lowest BCUT2D eigenvalue weighted by Crippen LogP contribution is -2.20. The molecular formula is C18H12N4O4. The van der Waals surface area contributed by atoms with Crippen LogP contribution in [0, 0.1) is 44.1 Å². The van der Waals surface area contributed by atoms with Crippen LogP contribution in [0.2, 0.25) is 0 Å². The molecule has 2 rings (SSSR count). The number of aromatic hydroxyl groups is 1. The Bertz CT molecular complexity index is 995. The van der Waals surface area contributed by atoms with E-state index in [2.05, 4.69) is 0 Å². The van der Waals surface area contributed by atoms with Gasteiger partial charge in [-0.05, 0) is 19.9 Å². The largest absolute Gasteiger partial charge is 0.507 e. The van der Waals surface area contributed by atoms with E-state index in [1.165, 1.54) is 30.4 Å². The minimum absolute atomic E-state index is 0.0225. The van der Waals surface area contributed by atoms with Gasteiger partial charge >= 0.3 is 0 Å². The molecule has 128 valence electrons. The molecule has 1 N–H and O–H groups in total. The van der Waals surface area contributed by atoms with E-state index >= 15 is 0 Å². The number of phenolic OH excluding ortho intramolecular Hbond substituents is 1. The highest BCUT2D eigenvalue weighted by atomic mass is 16.6. The van der Waals surface area contributed by atoms with Gasteiger partial charge in [-0.3, -0.25) is 10.1 Å². The number of rotatable bonds is 3. The number of nitro groups is 1. The lowest BCUT2D eigenvalue weighted by Gasteiger charge is -2.20. The van der Waals surface area contributed by atoms with Crippen LogP contribution in [0.3, 0.4) is 0 Å². The molecular weight excluding hydrogens is 336 g/mol. The molecule has 0 fully saturated rings. The molecule has 0 atom stereocenters. The van der Waals surface area contributed by atoms with Crippen molar-refractivity contribution in [1.82, 2.24) is 0 Å². The van der Waals surface area contributed by atoms with E-state index in [9.17, 15) is 20.5 Å². The first-order chi connectivity index (χ1) is 12.2. The molecule has 0 spiro atoms. The van der Waals surface area contributed by atoms with Gasteiger partial charge in [0.2, 0.25) is 0 Å². The number of ether oxygens (including phenoxy) is 1. The summed E-state index contributed by atoms with van der Waals surface area (Å²) in [6.45, 7) is 3.30. The van der Waals surface area contributed by atoms with Gasteiger partial charge < -0.3 is 9.84 Å². The van der Waals surface area contributed by atoms with Crippen LogP contribution < -0.4 is 0 Å². The Balaban J connectivity index is 2.60. The molecule has 26 heavy (non-hydrogen) atoms. The Kier molecular flexibility index (Phi) is 4.77. The minimum Gasteiger partial charge on any atom is -0.507 e. The lowest BCUT2D eigenvalue weighted by molar-refractivity contribution is -0.384. The Morgan fingerprint density at radius 3 is 2.46 bits per heavy atom. The van der Waals surface area contributed by atoms with Gasteiger partial charge in [-0.2, -0.15) is 15.8 Å². The number of nitro benzene ring substituents is 1. The molecule has 0 radical (unpaired) electrons. The number of non-ortho nitro benzene ring substituents is 1. The Morgan fingerprint density at radius 2 is 1.92 bits per heavy atom. The maximum atomic E-state index is 10.9. The fourth-order valence-corrected chi connectivity index (χ4v) is 2.44. The maximum Gasteiger partial charge on any atom is 0.270 e. The zero-order valence-corrected chi connectivity index (χ0v) is 13.8. The van der Waals surface area contributed by atoms with Gasteiger partial charge in [-0.25, -0.2) is 0 Å². The van der Waals surface area contributed by atoms with Gasteiger partial charge in [0.05, 0.1) is 4.92 Å². The van der Waals surface area contributed by atoms with Crippen molar-refractivity contribution in [2.24, 2.45) is 0 Å². The number of phenols is 1. The van der Waals surface area contributed by atoms with Crippen molar-refractivity contribution in [1.29, 1.82) is 15.8 Å². The molecule has 0 unspecified atom stereocenters. The molecule has 0 bridgehead atoms. The molecule has 0 saturated heterocycles. The van der Waals surface area contributed by atoms with Gasteiger partial charge in [-0.15, -0.1) is 0 Å². The van der Waals surface area contributed by atoms with Crippen molar-refractivity contribution in [2.75, 3.05) is 0 Å². The summed E-state index contributed by atoms with van der Waals surface area (Å²) in [5.41, 5.74) is -0.949. The SMILES string of the molecule is CC1(C)OC(=C(C#N)C#N)C(C#N)=C1/C=C/c1cc([N+](=O)[O-])ccc1O. The van der Waals surface area contributed by atoms with E-state index in [0.717, 1.165) is 0 Å². The number of allylic oxidation sites excluding steroid dienone is 2. The van der Waals surface area contributed by atoms with Gasteiger partial charge in [0.1, 0.15) is 35.1 Å². The summed E-state index contributed by atoms with van der Waals surface area (Å²) in [7, 11) is 0. The predicted octanol–water partition coefficient (Wildman–Crippen LogP) is 3.24. The third-order valence-corrected chi connectivity index (χ3v) is 3.72. The average Bonchev–Trinajstić information content (AvgIpc) is 2.85. The minimum atomic E-state index is -1.01. The number of benzene rings is 1. The van der Waals surface area contributed by atoms with Gasteiger partial charge in [0.25, 0.3) is 5.69 Å². The predicted molar refractivity (Wildman–Crippen MR) is 89.9 cm³/mol. The summed E-state index contributed by atoms with van der Waals surface area (Å²) >= 11 is 0. The van der Waals surface area contributed by atoms with Crippen LogP contribution in [0.1, 0.15) is 19.4 Å². The Labute approximate surface area is 148 Å². The highest BCUT2D eigenvalue weighted by Gasteiger charge is 2.38. The van der Waals surface area contributed by atoms with Crippen molar-refractivity contribution >= 4 is 11.8 Å². The first kappa shape index (κ1) is 18.3. The summed E-state index contributed by atoms with van der Waals surface area (Å²) < 4.78 is 5.61. The van der Waals surface area contributed by atoms with E-state index in [1.54, 1.807) is 26.0 Å². The van der Waals surface area contributed by atoms with Crippen molar-refractivity contribution < 1.29 is 14.8 Å². The molecule has 1 heterocycles. The fourth-order valence-electron chi connectivity index (χ4n) is 2.44. The third kappa shape index (κ3) is 3.24. The van der Waals surface area contributed by atoms with E-state index < -0.39 is 10.5 Å². The average molecular weight is 348 g/mol. The van der Waals surface area contributed by atoms with Crippen LogP contribution in [-0.4, -0.2) is 15.6 Å². The summed E-state index contributed by atoms with van der Waals surface area (Å²) in [4.78, 5) is 10.3. The molecule has 1 aliphatic rings. The summed E-state index contributed by atoms with van der Waals surface area (Å²) in [5.74, 6) is -0.279. The smallest absolute Gasteiger partial charge is 0.270 e. The van der Waals surface area contributed by atoms with E-state index in [-0.39, 0.29) is 33.9 Å². The zero-order chi connectivity index (χ0) is 19.5. The van der Waals surface area contributed by atoms with Crippen LogP contribution in [0.4, 0.5) is 5.69 Å². The van der Waals surface area contributed by atoms with Crippen molar-refractivity contribution in [2.45, 2.75) is 19.4 Å². The van der Waals surface area contributed by atoms with Crippen molar-refractivity contribution in [3.63, 3.8) is 0 Å². The molecule has 8 nitrogen and oxygen atoms in total. The first-order valence-electron chi connectivity index (χ1n) is 7.29.